The van der Waals surface area contributed by atoms with Crippen LogP contribution in [0, 0.1) is 26.2 Å². The molecule has 0 unspecified atom stereocenters. The normalized spacial score (nSPS) is 11.3. The molecule has 5 rings (SSSR count). The standard InChI is InChI=1S/C39H41N5O2/c1-8-30-12-16-34(32-14-11-28(20-26(32)4)37(45)42-23-39(5,6)7)35(43-30)38(46)44-31-13-15-33-27(21-31)17-18-40-36(33)41-22-29-10-9-24(2)19-25(29)3/h8-21H,1,22-23H2,2-7H3,(H,40,41)(H,42,45)(H,44,46). The molecule has 5 aromatic rings. The molecule has 7 nitrogen and oxygen atoms in total. The Morgan fingerprint density at radius 1 is 0.848 bits per heavy atom. The Morgan fingerprint density at radius 2 is 1.63 bits per heavy atom. The van der Waals surface area contributed by atoms with E-state index in [0.29, 0.717) is 35.6 Å². The van der Waals surface area contributed by atoms with Crippen molar-refractivity contribution in [2.45, 2.75) is 48.1 Å². The molecule has 46 heavy (non-hydrogen) atoms. The highest BCUT2D eigenvalue weighted by molar-refractivity contribution is 6.09. The molecule has 0 fully saturated rings. The smallest absolute Gasteiger partial charge is 0.274 e. The van der Waals surface area contributed by atoms with Crippen molar-refractivity contribution in [3.63, 3.8) is 0 Å². The lowest BCUT2D eigenvalue weighted by molar-refractivity contribution is 0.0938. The minimum Gasteiger partial charge on any atom is -0.365 e. The van der Waals surface area contributed by atoms with Gasteiger partial charge in [0.2, 0.25) is 0 Å². The SMILES string of the molecule is C=Cc1ccc(-c2ccc(C(=O)NCC(C)(C)C)cc2C)c(C(=O)Nc2ccc3c(NCc4ccc(C)cc4C)nccc3c2)n1. The van der Waals surface area contributed by atoms with Crippen LogP contribution in [-0.4, -0.2) is 28.3 Å². The quantitative estimate of drug-likeness (QED) is 0.155. The summed E-state index contributed by atoms with van der Waals surface area (Å²) in [5.74, 6) is 0.313. The summed E-state index contributed by atoms with van der Waals surface area (Å²) in [7, 11) is 0. The lowest BCUT2D eigenvalue weighted by atomic mass is 9.95. The zero-order chi connectivity index (χ0) is 33.0. The number of aryl methyl sites for hydroxylation is 3. The molecule has 2 heterocycles. The Kier molecular flexibility index (Phi) is 9.33. The minimum atomic E-state index is -0.341. The zero-order valence-electron chi connectivity index (χ0n) is 27.4. The summed E-state index contributed by atoms with van der Waals surface area (Å²) in [6, 6.07) is 23.3. The molecule has 0 atom stereocenters. The van der Waals surface area contributed by atoms with E-state index in [1.165, 1.54) is 16.7 Å². The van der Waals surface area contributed by atoms with Crippen molar-refractivity contribution in [3.05, 3.63) is 125 Å². The number of carbonyl (C=O) groups excluding carboxylic acids is 2. The molecule has 3 N–H and O–H groups in total. The van der Waals surface area contributed by atoms with Gasteiger partial charge in [-0.25, -0.2) is 9.97 Å². The highest BCUT2D eigenvalue weighted by Gasteiger charge is 2.19. The molecule has 7 heteroatoms. The molecule has 0 spiro atoms. The van der Waals surface area contributed by atoms with Crippen molar-refractivity contribution in [2.24, 2.45) is 5.41 Å². The number of pyridine rings is 2. The van der Waals surface area contributed by atoms with E-state index in [9.17, 15) is 9.59 Å². The number of hydrogen-bond acceptors (Lipinski definition) is 5. The van der Waals surface area contributed by atoms with Gasteiger partial charge in [-0.05, 0) is 108 Å². The summed E-state index contributed by atoms with van der Waals surface area (Å²) in [6.45, 7) is 17.4. The van der Waals surface area contributed by atoms with Crippen molar-refractivity contribution in [1.29, 1.82) is 0 Å². The summed E-state index contributed by atoms with van der Waals surface area (Å²) in [6.07, 6.45) is 3.38. The van der Waals surface area contributed by atoms with Crippen LogP contribution in [-0.2, 0) is 6.54 Å². The largest absolute Gasteiger partial charge is 0.365 e. The minimum absolute atomic E-state index is 0.0204. The van der Waals surface area contributed by atoms with E-state index >= 15 is 0 Å². The molecule has 0 saturated heterocycles. The average molecular weight is 612 g/mol. The maximum absolute atomic E-state index is 13.8. The number of rotatable bonds is 9. The second-order valence-corrected chi connectivity index (χ2v) is 12.9. The van der Waals surface area contributed by atoms with Gasteiger partial charge in [-0.2, -0.15) is 0 Å². The van der Waals surface area contributed by atoms with Crippen LogP contribution in [0.3, 0.4) is 0 Å². The summed E-state index contributed by atoms with van der Waals surface area (Å²) < 4.78 is 0. The van der Waals surface area contributed by atoms with Gasteiger partial charge in [0.25, 0.3) is 11.8 Å². The van der Waals surface area contributed by atoms with Gasteiger partial charge in [-0.1, -0.05) is 57.2 Å². The molecule has 0 saturated carbocycles. The van der Waals surface area contributed by atoms with Crippen LogP contribution in [0.25, 0.3) is 28.0 Å². The number of aromatic nitrogens is 2. The van der Waals surface area contributed by atoms with E-state index in [2.05, 4.69) is 85.3 Å². The first-order valence-electron chi connectivity index (χ1n) is 15.4. The summed E-state index contributed by atoms with van der Waals surface area (Å²) in [5.41, 5.74) is 8.11. The number of nitrogens with one attached hydrogen (secondary N) is 3. The third-order valence-electron chi connectivity index (χ3n) is 7.87. The highest BCUT2D eigenvalue weighted by Crippen LogP contribution is 2.30. The lowest BCUT2D eigenvalue weighted by Gasteiger charge is -2.19. The Morgan fingerprint density at radius 3 is 2.35 bits per heavy atom. The predicted molar refractivity (Wildman–Crippen MR) is 189 cm³/mol. The van der Waals surface area contributed by atoms with Gasteiger partial charge in [-0.3, -0.25) is 9.59 Å². The Hall–Kier alpha value is -5.30. The van der Waals surface area contributed by atoms with Gasteiger partial charge < -0.3 is 16.0 Å². The molecular weight excluding hydrogens is 570 g/mol. The molecule has 0 aliphatic heterocycles. The maximum Gasteiger partial charge on any atom is 0.274 e. The second-order valence-electron chi connectivity index (χ2n) is 12.9. The lowest BCUT2D eigenvalue weighted by Crippen LogP contribution is -2.32. The Balaban J connectivity index is 1.38. The topological polar surface area (TPSA) is 96.0 Å². The number of hydrogen-bond donors (Lipinski definition) is 3. The van der Waals surface area contributed by atoms with E-state index in [-0.39, 0.29) is 22.9 Å². The van der Waals surface area contributed by atoms with Crippen LogP contribution in [0.1, 0.15) is 69.6 Å². The first-order chi connectivity index (χ1) is 21.9. The molecule has 0 aliphatic rings. The number of nitrogens with zero attached hydrogens (tertiary/aromatic N) is 2. The number of fused-ring (bicyclic) bond motifs is 1. The fourth-order valence-electron chi connectivity index (χ4n) is 5.34. The van der Waals surface area contributed by atoms with Crippen molar-refractivity contribution < 1.29 is 9.59 Å². The van der Waals surface area contributed by atoms with Crippen LogP contribution in [0.5, 0.6) is 0 Å². The van der Waals surface area contributed by atoms with E-state index < -0.39 is 0 Å². The number of benzene rings is 3. The third-order valence-corrected chi connectivity index (χ3v) is 7.87. The first-order valence-corrected chi connectivity index (χ1v) is 15.4. The summed E-state index contributed by atoms with van der Waals surface area (Å²) >= 11 is 0. The fourth-order valence-corrected chi connectivity index (χ4v) is 5.34. The van der Waals surface area contributed by atoms with Gasteiger partial charge in [0.15, 0.2) is 0 Å². The van der Waals surface area contributed by atoms with E-state index in [1.807, 2.05) is 55.5 Å². The summed E-state index contributed by atoms with van der Waals surface area (Å²) in [4.78, 5) is 35.8. The van der Waals surface area contributed by atoms with Gasteiger partial charge >= 0.3 is 0 Å². The first kappa shape index (κ1) is 32.1. The Bertz CT molecular complexity index is 1960. The van der Waals surface area contributed by atoms with Gasteiger partial charge in [0.05, 0.1) is 5.69 Å². The molecular formula is C39H41N5O2. The Labute approximate surface area is 271 Å². The molecule has 3 aromatic carbocycles. The molecule has 234 valence electrons. The van der Waals surface area contributed by atoms with Crippen LogP contribution in [0.15, 0.2) is 85.6 Å². The molecule has 0 bridgehead atoms. The second kappa shape index (κ2) is 13.4. The molecule has 2 amide bonds. The van der Waals surface area contributed by atoms with Gasteiger partial charge in [0.1, 0.15) is 11.5 Å². The van der Waals surface area contributed by atoms with Crippen molar-refractivity contribution in [2.75, 3.05) is 17.2 Å². The highest BCUT2D eigenvalue weighted by atomic mass is 16.2. The van der Waals surface area contributed by atoms with Crippen molar-refractivity contribution in [1.82, 2.24) is 15.3 Å². The summed E-state index contributed by atoms with van der Waals surface area (Å²) in [5, 5.41) is 11.4. The third kappa shape index (κ3) is 7.49. The van der Waals surface area contributed by atoms with Crippen molar-refractivity contribution >= 4 is 40.2 Å². The van der Waals surface area contributed by atoms with Crippen molar-refractivity contribution in [3.8, 4) is 11.1 Å². The van der Waals surface area contributed by atoms with Gasteiger partial charge in [-0.15, -0.1) is 0 Å². The number of carbonyl (C=O) groups is 2. The van der Waals surface area contributed by atoms with Crippen LogP contribution in [0.4, 0.5) is 11.5 Å². The molecule has 2 aromatic heterocycles. The number of anilines is 2. The number of amides is 2. The zero-order valence-corrected chi connectivity index (χ0v) is 27.4. The maximum atomic E-state index is 13.8. The van der Waals surface area contributed by atoms with Crippen LogP contribution >= 0.6 is 0 Å². The van der Waals surface area contributed by atoms with E-state index in [1.54, 1.807) is 18.3 Å². The molecule has 0 radical (unpaired) electrons. The van der Waals surface area contributed by atoms with Crippen LogP contribution in [0.2, 0.25) is 0 Å². The monoisotopic (exact) mass is 611 g/mol. The molecule has 0 aliphatic carbocycles. The van der Waals surface area contributed by atoms with Gasteiger partial charge in [0, 0.05) is 41.5 Å². The van der Waals surface area contributed by atoms with Crippen LogP contribution < -0.4 is 16.0 Å². The van der Waals surface area contributed by atoms with E-state index in [0.717, 1.165) is 27.7 Å². The van der Waals surface area contributed by atoms with E-state index in [4.69, 9.17) is 0 Å². The predicted octanol–water partition coefficient (Wildman–Crippen LogP) is 8.51. The fraction of sp³-hybridized carbons (Fsp3) is 0.231. The average Bonchev–Trinajstić information content (AvgIpc) is 3.02.